The molecule has 0 saturated carbocycles. The van der Waals surface area contributed by atoms with Crippen molar-refractivity contribution >= 4 is 29.0 Å². The number of para-hydroxylation sites is 1. The highest BCUT2D eigenvalue weighted by Gasteiger charge is 2.06. The second-order valence-corrected chi connectivity index (χ2v) is 6.70. The molecule has 0 aliphatic rings. The van der Waals surface area contributed by atoms with Crippen LogP contribution >= 0.6 is 11.3 Å². The molecule has 27 heavy (non-hydrogen) atoms. The van der Waals surface area contributed by atoms with Crippen molar-refractivity contribution in [1.82, 2.24) is 4.98 Å². The van der Waals surface area contributed by atoms with Crippen molar-refractivity contribution in [3.63, 3.8) is 0 Å². The van der Waals surface area contributed by atoms with Crippen LogP contribution in [0.1, 0.15) is 16.3 Å². The Labute approximate surface area is 159 Å². The molecule has 1 N–H and O–H groups in total. The number of benzene rings is 2. The number of hydrogen-bond donors (Lipinski definition) is 1. The first-order valence-corrected chi connectivity index (χ1v) is 8.96. The van der Waals surface area contributed by atoms with E-state index in [0.717, 1.165) is 22.8 Å². The molecule has 1 aromatic heterocycles. The molecule has 0 aliphatic carbocycles. The van der Waals surface area contributed by atoms with Crippen molar-refractivity contribution in [3.05, 3.63) is 81.8 Å². The molecule has 0 radical (unpaired) electrons. The van der Waals surface area contributed by atoms with Crippen LogP contribution in [0.3, 0.4) is 0 Å². The molecule has 2 aromatic carbocycles. The van der Waals surface area contributed by atoms with Crippen molar-refractivity contribution in [2.45, 2.75) is 13.5 Å². The van der Waals surface area contributed by atoms with Gasteiger partial charge in [-0.15, -0.1) is 11.3 Å². The average molecular weight is 386 g/mol. The number of ether oxygens (including phenoxy) is 1. The lowest BCUT2D eigenvalue weighted by Crippen LogP contribution is -2.08. The molecule has 3 aromatic rings. The Kier molecular flexibility index (Phi) is 5.93. The number of carbonyl (C=O) groups excluding carboxylic acids is 1. The summed E-state index contributed by atoms with van der Waals surface area (Å²) in [5.74, 6) is -1.84. The van der Waals surface area contributed by atoms with Crippen LogP contribution in [-0.4, -0.2) is 10.9 Å². The second-order valence-electron chi connectivity index (χ2n) is 5.64. The number of carbonyl (C=O) groups is 1. The minimum atomic E-state index is -1.02. The first-order chi connectivity index (χ1) is 13.0. The third-order valence-corrected chi connectivity index (χ3v) is 4.38. The maximum atomic E-state index is 13.2. The molecular weight excluding hydrogens is 370 g/mol. The van der Waals surface area contributed by atoms with Gasteiger partial charge >= 0.3 is 0 Å². The van der Waals surface area contributed by atoms with Crippen LogP contribution in [0.2, 0.25) is 0 Å². The van der Waals surface area contributed by atoms with Crippen molar-refractivity contribution in [1.29, 1.82) is 0 Å². The minimum absolute atomic E-state index is 0.173. The molecule has 0 saturated heterocycles. The molecule has 0 bridgehead atoms. The normalized spacial score (nSPS) is 10.9. The average Bonchev–Trinajstić information content (AvgIpc) is 3.07. The molecule has 0 atom stereocenters. The van der Waals surface area contributed by atoms with Gasteiger partial charge in [-0.1, -0.05) is 18.2 Å². The third kappa shape index (κ3) is 5.21. The zero-order valence-corrected chi connectivity index (χ0v) is 15.2. The fraction of sp³-hybridized carbons (Fsp3) is 0.100. The molecule has 1 amide bonds. The Hall–Kier alpha value is -3.06. The smallest absolute Gasteiger partial charge is 0.248 e. The molecule has 7 heteroatoms. The van der Waals surface area contributed by atoms with Crippen LogP contribution in [0.25, 0.3) is 6.08 Å². The number of thiazole rings is 1. The van der Waals surface area contributed by atoms with E-state index in [1.54, 1.807) is 23.5 Å². The lowest BCUT2D eigenvalue weighted by atomic mass is 10.2. The molecule has 138 valence electrons. The highest BCUT2D eigenvalue weighted by atomic mass is 32.1. The predicted octanol–water partition coefficient (Wildman–Crippen LogP) is 4.96. The molecule has 0 spiro atoms. The number of amides is 1. The SMILES string of the molecule is Cc1nc(COc2ccccc2C=CC(=O)Nc2ccc(F)c(F)c2)cs1. The first kappa shape index (κ1) is 18.7. The van der Waals surface area contributed by atoms with E-state index in [4.69, 9.17) is 4.74 Å². The molecule has 0 unspecified atom stereocenters. The number of halogens is 2. The Balaban J connectivity index is 1.65. The summed E-state index contributed by atoms with van der Waals surface area (Å²) in [6, 6.07) is 10.4. The zero-order chi connectivity index (χ0) is 19.2. The maximum absolute atomic E-state index is 13.2. The Morgan fingerprint density at radius 2 is 2.04 bits per heavy atom. The van der Waals surface area contributed by atoms with Gasteiger partial charge in [0.25, 0.3) is 0 Å². The van der Waals surface area contributed by atoms with Crippen molar-refractivity contribution in [2.75, 3.05) is 5.32 Å². The number of nitrogens with zero attached hydrogens (tertiary/aromatic N) is 1. The van der Waals surface area contributed by atoms with Gasteiger partial charge in [0.05, 0.1) is 10.7 Å². The van der Waals surface area contributed by atoms with Crippen molar-refractivity contribution in [2.24, 2.45) is 0 Å². The summed E-state index contributed by atoms with van der Waals surface area (Å²) in [4.78, 5) is 16.4. The molecule has 1 heterocycles. The molecule has 4 nitrogen and oxygen atoms in total. The van der Waals surface area contributed by atoms with Gasteiger partial charge in [-0.25, -0.2) is 13.8 Å². The van der Waals surface area contributed by atoms with Gasteiger partial charge in [-0.2, -0.15) is 0 Å². The zero-order valence-electron chi connectivity index (χ0n) is 14.4. The highest BCUT2D eigenvalue weighted by molar-refractivity contribution is 7.09. The standard InChI is InChI=1S/C20H16F2N2O2S/c1-13-23-16(12-27-13)11-26-19-5-3-2-4-14(19)6-9-20(25)24-15-7-8-17(21)18(22)10-15/h2-10,12H,11H2,1H3,(H,24,25). The van der Waals surface area contributed by atoms with Gasteiger partial charge in [-0.05, 0) is 31.2 Å². The van der Waals surface area contributed by atoms with Crippen LogP contribution in [0.15, 0.2) is 53.9 Å². The van der Waals surface area contributed by atoms with Gasteiger partial charge in [0, 0.05) is 28.8 Å². The van der Waals surface area contributed by atoms with E-state index in [9.17, 15) is 13.6 Å². The summed E-state index contributed by atoms with van der Waals surface area (Å²) in [6.45, 7) is 2.26. The quantitative estimate of drug-likeness (QED) is 0.609. The van der Waals surface area contributed by atoms with Crippen LogP contribution in [-0.2, 0) is 11.4 Å². The van der Waals surface area contributed by atoms with Gasteiger partial charge < -0.3 is 10.1 Å². The van der Waals surface area contributed by atoms with Gasteiger partial charge in [0.2, 0.25) is 5.91 Å². The number of anilines is 1. The summed E-state index contributed by atoms with van der Waals surface area (Å²) in [5.41, 5.74) is 1.73. The number of rotatable bonds is 6. The number of nitrogens with one attached hydrogen (secondary N) is 1. The number of aryl methyl sites for hydroxylation is 1. The van der Waals surface area contributed by atoms with Crippen LogP contribution in [0.4, 0.5) is 14.5 Å². The number of hydrogen-bond acceptors (Lipinski definition) is 4. The summed E-state index contributed by atoms with van der Waals surface area (Å²) in [6.07, 6.45) is 2.90. The van der Waals surface area contributed by atoms with E-state index in [0.29, 0.717) is 17.9 Å². The van der Waals surface area contributed by atoms with Gasteiger partial charge in [-0.3, -0.25) is 4.79 Å². The monoisotopic (exact) mass is 386 g/mol. The lowest BCUT2D eigenvalue weighted by molar-refractivity contribution is -0.111. The van der Waals surface area contributed by atoms with E-state index >= 15 is 0 Å². The van der Waals surface area contributed by atoms with E-state index in [-0.39, 0.29) is 5.69 Å². The largest absolute Gasteiger partial charge is 0.487 e. The Morgan fingerprint density at radius 1 is 1.22 bits per heavy atom. The minimum Gasteiger partial charge on any atom is -0.487 e. The van der Waals surface area contributed by atoms with Crippen LogP contribution in [0.5, 0.6) is 5.75 Å². The maximum Gasteiger partial charge on any atom is 0.248 e. The summed E-state index contributed by atoms with van der Waals surface area (Å²) < 4.78 is 31.9. The van der Waals surface area contributed by atoms with Gasteiger partial charge in [0.1, 0.15) is 12.4 Å². The predicted molar refractivity (Wildman–Crippen MR) is 102 cm³/mol. The van der Waals surface area contributed by atoms with E-state index in [1.807, 2.05) is 30.5 Å². The highest BCUT2D eigenvalue weighted by Crippen LogP contribution is 2.21. The van der Waals surface area contributed by atoms with Crippen LogP contribution < -0.4 is 10.1 Å². The Bertz CT molecular complexity index is 986. The second kappa shape index (κ2) is 8.55. The fourth-order valence-electron chi connectivity index (χ4n) is 2.30. The first-order valence-electron chi connectivity index (χ1n) is 8.08. The lowest BCUT2D eigenvalue weighted by Gasteiger charge is -2.08. The molecule has 0 aliphatic heterocycles. The van der Waals surface area contributed by atoms with E-state index in [1.165, 1.54) is 12.1 Å². The molecule has 3 rings (SSSR count). The van der Waals surface area contributed by atoms with Crippen molar-refractivity contribution < 1.29 is 18.3 Å². The number of aromatic nitrogens is 1. The third-order valence-electron chi connectivity index (χ3n) is 3.56. The molecule has 0 fully saturated rings. The van der Waals surface area contributed by atoms with Crippen molar-refractivity contribution in [3.8, 4) is 5.75 Å². The van der Waals surface area contributed by atoms with Gasteiger partial charge in [0.15, 0.2) is 11.6 Å². The summed E-state index contributed by atoms with van der Waals surface area (Å²) in [7, 11) is 0. The van der Waals surface area contributed by atoms with E-state index in [2.05, 4.69) is 10.3 Å². The fourth-order valence-corrected chi connectivity index (χ4v) is 2.90. The molecular formula is C20H16F2N2O2S. The Morgan fingerprint density at radius 3 is 2.78 bits per heavy atom. The van der Waals surface area contributed by atoms with Crippen LogP contribution in [0, 0.1) is 18.6 Å². The topological polar surface area (TPSA) is 51.2 Å². The van der Waals surface area contributed by atoms with E-state index < -0.39 is 17.5 Å². The summed E-state index contributed by atoms with van der Waals surface area (Å²) in [5, 5.41) is 5.38. The summed E-state index contributed by atoms with van der Waals surface area (Å²) >= 11 is 1.55.